The molecule has 4 aromatic rings. The van der Waals surface area contributed by atoms with E-state index in [2.05, 4.69) is 21.4 Å². The van der Waals surface area contributed by atoms with E-state index in [1.54, 1.807) is 23.9 Å². The summed E-state index contributed by atoms with van der Waals surface area (Å²) in [5.74, 6) is 0.514. The first kappa shape index (κ1) is 22.6. The number of aliphatic hydroxyl groups is 1. The van der Waals surface area contributed by atoms with Crippen LogP contribution >= 0.6 is 0 Å². The van der Waals surface area contributed by atoms with Gasteiger partial charge < -0.3 is 14.7 Å². The molecule has 1 saturated heterocycles. The fourth-order valence-electron chi connectivity index (χ4n) is 4.03. The second-order valence-corrected chi connectivity index (χ2v) is 8.37. The van der Waals surface area contributed by atoms with Crippen molar-refractivity contribution < 1.29 is 9.84 Å². The summed E-state index contributed by atoms with van der Waals surface area (Å²) in [5, 5.41) is 28.0. The number of aliphatic hydroxyl groups excluding tert-OH is 1. The topological polar surface area (TPSA) is 126 Å². The van der Waals surface area contributed by atoms with Crippen LogP contribution in [0.4, 0.5) is 5.95 Å². The number of pyridine rings is 1. The van der Waals surface area contributed by atoms with Crippen molar-refractivity contribution >= 4 is 5.95 Å². The summed E-state index contributed by atoms with van der Waals surface area (Å²) in [5.41, 5.74) is 4.93. The first-order chi connectivity index (χ1) is 17.1. The molecule has 0 aliphatic carbocycles. The Hall–Kier alpha value is -4.20. The third-order valence-corrected chi connectivity index (χ3v) is 5.73. The van der Waals surface area contributed by atoms with Gasteiger partial charge in [0, 0.05) is 25.8 Å². The minimum Gasteiger partial charge on any atom is -0.391 e. The third kappa shape index (κ3) is 5.16. The molecule has 0 saturated carbocycles. The average Bonchev–Trinajstić information content (AvgIpc) is 3.53. The number of aromatic nitrogens is 6. The van der Waals surface area contributed by atoms with Crippen LogP contribution in [0.25, 0.3) is 22.6 Å². The number of methoxy groups -OCH3 is 1. The van der Waals surface area contributed by atoms with Crippen molar-refractivity contribution in [3.63, 3.8) is 0 Å². The highest BCUT2D eigenvalue weighted by Gasteiger charge is 2.24. The lowest BCUT2D eigenvalue weighted by Crippen LogP contribution is -2.23. The molecule has 0 radical (unpaired) electrons. The maximum atomic E-state index is 10.0. The predicted molar refractivity (Wildman–Crippen MR) is 128 cm³/mol. The molecule has 5 rings (SSSR count). The summed E-state index contributed by atoms with van der Waals surface area (Å²) >= 11 is 0. The van der Waals surface area contributed by atoms with E-state index in [0.717, 1.165) is 17.0 Å². The highest BCUT2D eigenvalue weighted by atomic mass is 16.5. The fourth-order valence-corrected chi connectivity index (χ4v) is 4.03. The Kier molecular flexibility index (Phi) is 6.43. The molecule has 176 valence electrons. The van der Waals surface area contributed by atoms with Crippen LogP contribution < -0.4 is 4.90 Å². The average molecular weight is 469 g/mol. The molecule has 1 aliphatic rings. The van der Waals surface area contributed by atoms with Crippen molar-refractivity contribution in [3.05, 3.63) is 71.7 Å². The second kappa shape index (κ2) is 9.97. The molecule has 1 atom stereocenters. The smallest absolute Gasteiger partial charge is 0.226 e. The number of benzene rings is 1. The van der Waals surface area contributed by atoms with E-state index in [1.807, 2.05) is 47.5 Å². The highest BCUT2D eigenvalue weighted by molar-refractivity contribution is 5.68. The van der Waals surface area contributed by atoms with Gasteiger partial charge in [-0.15, -0.1) is 5.10 Å². The molecule has 0 unspecified atom stereocenters. The van der Waals surface area contributed by atoms with Crippen LogP contribution in [-0.2, 0) is 17.9 Å². The molecular formula is C25H24N8O2. The van der Waals surface area contributed by atoms with Gasteiger partial charge in [0.2, 0.25) is 5.95 Å². The fraction of sp³-hybridized carbons (Fsp3) is 0.280. The van der Waals surface area contributed by atoms with E-state index >= 15 is 0 Å². The van der Waals surface area contributed by atoms with Gasteiger partial charge in [0.15, 0.2) is 0 Å². The second-order valence-electron chi connectivity index (χ2n) is 8.37. The number of hydrogen-bond acceptors (Lipinski definition) is 9. The van der Waals surface area contributed by atoms with Crippen LogP contribution in [0, 0.1) is 11.3 Å². The van der Waals surface area contributed by atoms with Gasteiger partial charge in [-0.2, -0.15) is 5.26 Å². The summed E-state index contributed by atoms with van der Waals surface area (Å²) < 4.78 is 6.88. The van der Waals surface area contributed by atoms with Crippen LogP contribution in [0.15, 0.2) is 54.7 Å². The zero-order valence-corrected chi connectivity index (χ0v) is 19.2. The van der Waals surface area contributed by atoms with Gasteiger partial charge in [0.25, 0.3) is 0 Å². The standard InChI is InChI=1S/C25H24N8O2/c1-35-16-20-7-3-6-19(27-20)13-33-15-24(30-31-33)23-11-22(18-5-2-4-17(10-18)12-26)28-25(29-23)32-9-8-21(34)14-32/h2-7,10-11,15,21,34H,8-9,13-14,16H2,1H3/t21-/m1/s1. The minimum atomic E-state index is -0.408. The molecule has 1 aliphatic heterocycles. The maximum Gasteiger partial charge on any atom is 0.226 e. The number of nitriles is 1. The van der Waals surface area contributed by atoms with Crippen molar-refractivity contribution in [2.75, 3.05) is 25.1 Å². The Labute approximate surface area is 202 Å². The van der Waals surface area contributed by atoms with Crippen LogP contribution in [0.3, 0.4) is 0 Å². The Morgan fingerprint density at radius 1 is 1.06 bits per heavy atom. The number of anilines is 1. The van der Waals surface area contributed by atoms with Crippen LogP contribution in [-0.4, -0.2) is 61.4 Å². The molecule has 1 N–H and O–H groups in total. The molecule has 0 amide bonds. The Morgan fingerprint density at radius 2 is 1.89 bits per heavy atom. The van der Waals surface area contributed by atoms with Gasteiger partial charge in [0.05, 0.1) is 59.9 Å². The van der Waals surface area contributed by atoms with Gasteiger partial charge in [-0.05, 0) is 36.8 Å². The zero-order chi connectivity index (χ0) is 24.2. The lowest BCUT2D eigenvalue weighted by Gasteiger charge is -2.17. The Bertz CT molecular complexity index is 1380. The number of ether oxygens (including phenoxy) is 1. The van der Waals surface area contributed by atoms with Crippen molar-refractivity contribution in [2.24, 2.45) is 0 Å². The molecule has 0 bridgehead atoms. The molecule has 3 aromatic heterocycles. The molecular weight excluding hydrogens is 444 g/mol. The molecule has 1 fully saturated rings. The number of hydrogen-bond donors (Lipinski definition) is 1. The maximum absolute atomic E-state index is 10.0. The number of rotatable bonds is 7. The largest absolute Gasteiger partial charge is 0.391 e. The molecule has 10 nitrogen and oxygen atoms in total. The van der Waals surface area contributed by atoms with E-state index in [-0.39, 0.29) is 0 Å². The van der Waals surface area contributed by atoms with E-state index in [1.165, 1.54) is 0 Å². The number of nitrogens with zero attached hydrogens (tertiary/aromatic N) is 8. The third-order valence-electron chi connectivity index (χ3n) is 5.73. The van der Waals surface area contributed by atoms with E-state index < -0.39 is 6.10 Å². The molecule has 1 aromatic carbocycles. The summed E-state index contributed by atoms with van der Waals surface area (Å²) in [6.45, 7) is 2.04. The van der Waals surface area contributed by atoms with E-state index in [9.17, 15) is 10.4 Å². The number of β-amino-alcohol motifs (C(OH)–C–C–N with tert-alkyl or cyclic N) is 1. The molecule has 0 spiro atoms. The summed E-state index contributed by atoms with van der Waals surface area (Å²) in [4.78, 5) is 16.0. The minimum absolute atomic E-state index is 0.408. The quantitative estimate of drug-likeness (QED) is 0.435. The van der Waals surface area contributed by atoms with E-state index in [4.69, 9.17) is 14.7 Å². The van der Waals surface area contributed by atoms with Crippen molar-refractivity contribution in [1.82, 2.24) is 29.9 Å². The monoisotopic (exact) mass is 468 g/mol. The van der Waals surface area contributed by atoms with Gasteiger partial charge in [0.1, 0.15) is 5.69 Å². The summed E-state index contributed by atoms with van der Waals surface area (Å²) in [7, 11) is 1.64. The Balaban J connectivity index is 1.49. The van der Waals surface area contributed by atoms with Crippen molar-refractivity contribution in [2.45, 2.75) is 25.7 Å². The molecule has 35 heavy (non-hydrogen) atoms. The SMILES string of the molecule is COCc1cccc(Cn2cc(-c3cc(-c4cccc(C#N)c4)nc(N4CC[C@@H](O)C4)n3)nn2)n1. The van der Waals surface area contributed by atoms with Gasteiger partial charge in [-0.3, -0.25) is 4.98 Å². The van der Waals surface area contributed by atoms with Gasteiger partial charge in [-0.25, -0.2) is 14.6 Å². The van der Waals surface area contributed by atoms with Gasteiger partial charge in [-0.1, -0.05) is 23.4 Å². The first-order valence-corrected chi connectivity index (χ1v) is 11.3. The normalized spacial score (nSPS) is 15.3. The first-order valence-electron chi connectivity index (χ1n) is 11.3. The lowest BCUT2D eigenvalue weighted by molar-refractivity contribution is 0.181. The Morgan fingerprint density at radius 3 is 2.69 bits per heavy atom. The summed E-state index contributed by atoms with van der Waals surface area (Å²) in [6, 6.07) is 17.1. The van der Waals surface area contributed by atoms with E-state index in [0.29, 0.717) is 61.3 Å². The highest BCUT2D eigenvalue weighted by Crippen LogP contribution is 2.27. The lowest BCUT2D eigenvalue weighted by atomic mass is 10.1. The van der Waals surface area contributed by atoms with Crippen LogP contribution in [0.1, 0.15) is 23.4 Å². The van der Waals surface area contributed by atoms with Crippen LogP contribution in [0.5, 0.6) is 0 Å². The summed E-state index contributed by atoms with van der Waals surface area (Å²) in [6.07, 6.45) is 2.08. The van der Waals surface area contributed by atoms with Crippen molar-refractivity contribution in [1.29, 1.82) is 5.26 Å². The zero-order valence-electron chi connectivity index (χ0n) is 19.2. The predicted octanol–water partition coefficient (Wildman–Crippen LogP) is 2.43. The van der Waals surface area contributed by atoms with Crippen LogP contribution in [0.2, 0.25) is 0 Å². The van der Waals surface area contributed by atoms with Crippen molar-refractivity contribution in [3.8, 4) is 28.7 Å². The molecule has 4 heterocycles. The van der Waals surface area contributed by atoms with Gasteiger partial charge >= 0.3 is 0 Å². The molecule has 10 heteroatoms.